The zero-order chi connectivity index (χ0) is 21.1. The Labute approximate surface area is 167 Å². The van der Waals surface area contributed by atoms with Crippen molar-refractivity contribution in [3.63, 3.8) is 0 Å². The van der Waals surface area contributed by atoms with Crippen LogP contribution in [-0.2, 0) is 22.4 Å². The van der Waals surface area contributed by atoms with Crippen molar-refractivity contribution in [3.8, 4) is 0 Å². The number of amides is 1. The molecule has 0 bridgehead atoms. The zero-order valence-electron chi connectivity index (χ0n) is 16.7. The number of halogens is 3. The fourth-order valence-corrected chi connectivity index (χ4v) is 3.56. The number of rotatable bonds is 3. The van der Waals surface area contributed by atoms with Crippen LogP contribution >= 0.6 is 0 Å². The number of hydrogen-bond donors (Lipinski definition) is 0. The third-order valence-corrected chi connectivity index (χ3v) is 6.02. The molecule has 2 aromatic carbocycles. The Morgan fingerprint density at radius 3 is 2.14 bits per heavy atom. The molecule has 2 heterocycles. The number of carbonyl (C=O) groups excluding carboxylic acids is 1. The highest BCUT2D eigenvalue weighted by Gasteiger charge is 2.52. The van der Waals surface area contributed by atoms with E-state index in [1.54, 1.807) is 0 Å². The van der Waals surface area contributed by atoms with Gasteiger partial charge in [0.25, 0.3) is 5.91 Å². The van der Waals surface area contributed by atoms with E-state index in [4.69, 9.17) is 9.31 Å². The van der Waals surface area contributed by atoms with Gasteiger partial charge in [-0.05, 0) is 57.4 Å². The minimum absolute atomic E-state index is 0.0291. The third kappa shape index (κ3) is 3.24. The zero-order valence-corrected chi connectivity index (χ0v) is 16.7. The molecular formula is C21H21BF3NO3. The van der Waals surface area contributed by atoms with Crippen LogP contribution in [0.4, 0.5) is 13.2 Å². The van der Waals surface area contributed by atoms with Gasteiger partial charge >= 0.3 is 7.12 Å². The molecule has 4 rings (SSSR count). The van der Waals surface area contributed by atoms with Crippen molar-refractivity contribution in [2.24, 2.45) is 0 Å². The van der Waals surface area contributed by atoms with E-state index in [0.29, 0.717) is 0 Å². The summed E-state index contributed by atoms with van der Waals surface area (Å²) in [5.74, 6) is -2.57. The smallest absolute Gasteiger partial charge is 0.399 e. The Morgan fingerprint density at radius 2 is 1.59 bits per heavy atom. The first-order valence-electron chi connectivity index (χ1n) is 9.40. The predicted octanol–water partition coefficient (Wildman–Crippen LogP) is 3.56. The van der Waals surface area contributed by atoms with Crippen molar-refractivity contribution in [3.05, 3.63) is 64.5 Å². The summed E-state index contributed by atoms with van der Waals surface area (Å²) in [7, 11) is -0.898. The predicted molar refractivity (Wildman–Crippen MR) is 102 cm³/mol. The van der Waals surface area contributed by atoms with Crippen LogP contribution in [0.5, 0.6) is 0 Å². The number of hydrogen-bond acceptors (Lipinski definition) is 3. The molecular weight excluding hydrogens is 382 g/mol. The molecule has 4 nitrogen and oxygen atoms in total. The van der Waals surface area contributed by atoms with Gasteiger partial charge in [0.2, 0.25) is 0 Å². The lowest BCUT2D eigenvalue weighted by Gasteiger charge is -2.32. The molecule has 8 heteroatoms. The van der Waals surface area contributed by atoms with Crippen LogP contribution in [0.25, 0.3) is 0 Å². The van der Waals surface area contributed by atoms with Crippen LogP contribution in [0.1, 0.15) is 49.2 Å². The number of nitrogens with zero attached hydrogens (tertiary/aromatic N) is 1. The van der Waals surface area contributed by atoms with E-state index in [-0.39, 0.29) is 35.2 Å². The van der Waals surface area contributed by atoms with Gasteiger partial charge in [-0.25, -0.2) is 13.2 Å². The van der Waals surface area contributed by atoms with Gasteiger partial charge in [0.1, 0.15) is 17.5 Å². The average molecular weight is 403 g/mol. The van der Waals surface area contributed by atoms with Crippen LogP contribution in [0.3, 0.4) is 0 Å². The van der Waals surface area contributed by atoms with Crippen molar-refractivity contribution < 1.29 is 27.3 Å². The van der Waals surface area contributed by atoms with Crippen LogP contribution in [0.2, 0.25) is 0 Å². The number of carbonyl (C=O) groups is 1. The van der Waals surface area contributed by atoms with E-state index in [9.17, 15) is 18.0 Å². The second-order valence-electron chi connectivity index (χ2n) is 8.48. The fraction of sp³-hybridized carbons (Fsp3) is 0.381. The molecule has 0 radical (unpaired) electrons. The standard InChI is InChI=1S/C21H21BF3NO3/c1-20(2)21(3,4)29-22(28-20)12-8-17(24)15(18(25)9-12)11-26-10-14-13(19(26)27)6-5-7-16(14)23/h5-9H,10-11H2,1-4H3. The summed E-state index contributed by atoms with van der Waals surface area (Å²) >= 11 is 0. The molecule has 29 heavy (non-hydrogen) atoms. The van der Waals surface area contributed by atoms with Crippen molar-refractivity contribution >= 4 is 18.5 Å². The highest BCUT2D eigenvalue weighted by molar-refractivity contribution is 6.62. The number of fused-ring (bicyclic) bond motifs is 1. The van der Waals surface area contributed by atoms with Gasteiger partial charge < -0.3 is 14.2 Å². The molecule has 0 saturated carbocycles. The SMILES string of the molecule is CC1(C)OB(c2cc(F)c(CN3Cc4c(F)cccc4C3=O)c(F)c2)OC1(C)C. The van der Waals surface area contributed by atoms with Crippen LogP contribution in [0, 0.1) is 17.5 Å². The van der Waals surface area contributed by atoms with Crippen molar-refractivity contribution in [2.75, 3.05) is 0 Å². The summed E-state index contributed by atoms with van der Waals surface area (Å²) in [6, 6.07) is 6.53. The molecule has 2 aromatic rings. The van der Waals surface area contributed by atoms with Gasteiger partial charge in [-0.2, -0.15) is 0 Å². The molecule has 0 atom stereocenters. The van der Waals surface area contributed by atoms with Gasteiger partial charge in [0, 0.05) is 16.7 Å². The lowest BCUT2D eigenvalue weighted by atomic mass is 9.78. The Kier molecular flexibility index (Phi) is 4.55. The Balaban J connectivity index is 1.58. The summed E-state index contributed by atoms with van der Waals surface area (Å²) < 4.78 is 55.2. The molecule has 0 N–H and O–H groups in total. The fourth-order valence-electron chi connectivity index (χ4n) is 3.56. The molecule has 2 aliphatic heterocycles. The molecule has 152 valence electrons. The van der Waals surface area contributed by atoms with E-state index in [1.807, 2.05) is 27.7 Å². The second kappa shape index (κ2) is 6.60. The van der Waals surface area contributed by atoms with Crippen molar-refractivity contribution in [1.82, 2.24) is 4.90 Å². The van der Waals surface area contributed by atoms with Crippen molar-refractivity contribution in [2.45, 2.75) is 52.0 Å². The lowest BCUT2D eigenvalue weighted by Crippen LogP contribution is -2.41. The maximum Gasteiger partial charge on any atom is 0.495 e. The first kappa shape index (κ1) is 20.0. The highest BCUT2D eigenvalue weighted by atomic mass is 19.1. The maximum atomic E-state index is 14.8. The maximum absolute atomic E-state index is 14.8. The Hall–Kier alpha value is -2.32. The van der Waals surface area contributed by atoms with E-state index >= 15 is 0 Å². The summed E-state index contributed by atoms with van der Waals surface area (Å²) in [6.45, 7) is 7.08. The first-order chi connectivity index (χ1) is 13.5. The Bertz CT molecular complexity index is 970. The monoisotopic (exact) mass is 403 g/mol. The van der Waals surface area contributed by atoms with Gasteiger partial charge in [-0.3, -0.25) is 4.79 Å². The van der Waals surface area contributed by atoms with Gasteiger partial charge in [0.15, 0.2) is 0 Å². The van der Waals surface area contributed by atoms with Crippen molar-refractivity contribution in [1.29, 1.82) is 0 Å². The van der Waals surface area contributed by atoms with Gasteiger partial charge in [0.05, 0.1) is 24.3 Å². The molecule has 2 aliphatic rings. The van der Waals surface area contributed by atoms with E-state index in [2.05, 4.69) is 0 Å². The molecule has 0 spiro atoms. The Morgan fingerprint density at radius 1 is 1.00 bits per heavy atom. The van der Waals surface area contributed by atoms with E-state index < -0.39 is 41.7 Å². The highest BCUT2D eigenvalue weighted by Crippen LogP contribution is 2.36. The molecule has 1 fully saturated rings. The largest absolute Gasteiger partial charge is 0.495 e. The normalized spacial score (nSPS) is 19.8. The van der Waals surface area contributed by atoms with E-state index in [1.165, 1.54) is 23.1 Å². The van der Waals surface area contributed by atoms with E-state index in [0.717, 1.165) is 12.1 Å². The molecule has 1 amide bonds. The third-order valence-electron chi connectivity index (χ3n) is 6.02. The summed E-state index contributed by atoms with van der Waals surface area (Å²) in [5.41, 5.74) is -0.842. The molecule has 0 aromatic heterocycles. The van der Waals surface area contributed by atoms with Crippen LogP contribution in [-0.4, -0.2) is 29.1 Å². The lowest BCUT2D eigenvalue weighted by molar-refractivity contribution is 0.00578. The average Bonchev–Trinajstić information content (AvgIpc) is 3.05. The van der Waals surface area contributed by atoms with Gasteiger partial charge in [-0.15, -0.1) is 0 Å². The molecule has 1 saturated heterocycles. The minimum atomic E-state index is -0.898. The number of benzene rings is 2. The molecule has 0 aliphatic carbocycles. The summed E-state index contributed by atoms with van der Waals surface area (Å²) in [4.78, 5) is 13.7. The van der Waals surface area contributed by atoms with Crippen LogP contribution in [0.15, 0.2) is 30.3 Å². The first-order valence-corrected chi connectivity index (χ1v) is 9.40. The minimum Gasteiger partial charge on any atom is -0.399 e. The summed E-state index contributed by atoms with van der Waals surface area (Å²) in [6.07, 6.45) is 0. The van der Waals surface area contributed by atoms with Crippen LogP contribution < -0.4 is 5.46 Å². The summed E-state index contributed by atoms with van der Waals surface area (Å²) in [5, 5.41) is 0. The quantitative estimate of drug-likeness (QED) is 0.736. The molecule has 0 unspecified atom stereocenters. The van der Waals surface area contributed by atoms with Gasteiger partial charge in [-0.1, -0.05) is 6.07 Å². The second-order valence-corrected chi connectivity index (χ2v) is 8.48. The topological polar surface area (TPSA) is 38.8 Å².